The number of phenolic OH excluding ortho intramolecular Hbond substituents is 1. The van der Waals surface area contributed by atoms with Crippen LogP contribution in [0.4, 0.5) is 0 Å². The van der Waals surface area contributed by atoms with Crippen LogP contribution in [0.3, 0.4) is 0 Å². The summed E-state index contributed by atoms with van der Waals surface area (Å²) in [7, 11) is 0. The molecule has 0 amide bonds. The molecule has 2 rings (SSSR count). The van der Waals surface area contributed by atoms with Crippen molar-refractivity contribution in [3.8, 4) is 5.75 Å². The van der Waals surface area contributed by atoms with Gasteiger partial charge < -0.3 is 15.2 Å². The molecule has 3 N–H and O–H groups in total. The Hall–Kier alpha value is -1.48. The molecule has 0 radical (unpaired) electrons. The predicted octanol–water partition coefficient (Wildman–Crippen LogP) is 1.41. The van der Waals surface area contributed by atoms with Crippen LogP contribution in [0.25, 0.3) is 10.9 Å². The van der Waals surface area contributed by atoms with Crippen LogP contribution in [-0.2, 0) is 6.40 Å². The highest BCUT2D eigenvalue weighted by molar-refractivity contribution is 5.84. The summed E-state index contributed by atoms with van der Waals surface area (Å²) in [6, 6.07) is 4.58. The molecule has 0 saturated carbocycles. The van der Waals surface area contributed by atoms with Crippen molar-refractivity contribution in [3.63, 3.8) is 0 Å². The maximum absolute atomic E-state index is 9.38. The second-order valence-electron chi connectivity index (χ2n) is 2.74. The van der Waals surface area contributed by atoms with Gasteiger partial charge >= 0.3 is 0 Å². The van der Waals surface area contributed by atoms with Gasteiger partial charge in [0, 0.05) is 25.0 Å². The van der Waals surface area contributed by atoms with E-state index in [4.69, 9.17) is 5.54 Å². The summed E-state index contributed by atoms with van der Waals surface area (Å²) in [6.45, 7) is -2.40. The van der Waals surface area contributed by atoms with Gasteiger partial charge in [-0.25, -0.2) is 0 Å². The van der Waals surface area contributed by atoms with Gasteiger partial charge in [0.25, 0.3) is 0 Å². The Morgan fingerprint density at radius 2 is 2.46 bits per heavy atom. The van der Waals surface area contributed by atoms with Gasteiger partial charge in [-0.15, -0.1) is 0 Å². The first kappa shape index (κ1) is 4.67. The van der Waals surface area contributed by atoms with Crippen molar-refractivity contribution in [2.45, 2.75) is 6.40 Å². The van der Waals surface area contributed by atoms with Crippen molar-refractivity contribution in [2.24, 2.45) is 0 Å². The van der Waals surface area contributed by atoms with E-state index >= 15 is 0 Å². The summed E-state index contributed by atoms with van der Waals surface area (Å²) in [5, 5.41) is 13.8. The smallest absolute Gasteiger partial charge is 0.210 e. The maximum Gasteiger partial charge on any atom is 0.210 e. The lowest BCUT2D eigenvalue weighted by molar-refractivity contribution is 0.300. The number of phenols is 1. The molecule has 1 atom stereocenters. The van der Waals surface area contributed by atoms with Gasteiger partial charge in [-0.1, -0.05) is 0 Å². The molecule has 0 aliphatic heterocycles. The largest absolute Gasteiger partial charge is 0.508 e. The van der Waals surface area contributed by atoms with Gasteiger partial charge in [0.2, 0.25) is 1.43 Å². The summed E-state index contributed by atoms with van der Waals surface area (Å²) in [4.78, 5) is 2.88. The average molecular weight is 181 g/mol. The second kappa shape index (κ2) is 3.11. The highest BCUT2D eigenvalue weighted by atomic mass is 16.3. The first-order valence-electron chi connectivity index (χ1n) is 5.81. The van der Waals surface area contributed by atoms with E-state index in [0.29, 0.717) is 16.5 Å². The number of aryl methyl sites for hydroxylation is 1. The van der Waals surface area contributed by atoms with Crippen molar-refractivity contribution in [3.05, 3.63) is 30.0 Å². The third-order valence-corrected chi connectivity index (χ3v) is 1.91. The number of aromatic hydroxyl groups is 1. The molecule has 1 aromatic heterocycles. The Morgan fingerprint density at radius 1 is 1.54 bits per heavy atom. The van der Waals surface area contributed by atoms with Crippen LogP contribution in [-0.4, -0.2) is 23.2 Å². The lowest BCUT2D eigenvalue weighted by Gasteiger charge is -1.96. The van der Waals surface area contributed by atoms with Crippen molar-refractivity contribution >= 4 is 10.9 Å². The standard InChI is InChI=1S/C10H11NO2/c12-4-3-7-6-11-10-2-1-8(13)5-9(7)10/h1-2,5-6,11-13H,3-4H2/i3D,4D2,12D. The number of aromatic nitrogens is 1. The number of aromatic amines is 1. The fourth-order valence-corrected chi connectivity index (χ4v) is 1.31. The molecule has 0 bridgehead atoms. The highest BCUT2D eigenvalue weighted by Crippen LogP contribution is 2.22. The number of hydrogen-bond donors (Lipinski definition) is 3. The molecule has 13 heavy (non-hydrogen) atoms. The first-order valence-corrected chi connectivity index (χ1v) is 3.82. The molecule has 0 saturated heterocycles. The predicted molar refractivity (Wildman–Crippen MR) is 50.8 cm³/mol. The minimum absolute atomic E-state index is 0.0397. The van der Waals surface area contributed by atoms with Crippen molar-refractivity contribution < 1.29 is 14.3 Å². The van der Waals surface area contributed by atoms with Crippen molar-refractivity contribution in [1.29, 1.82) is 1.43 Å². The van der Waals surface area contributed by atoms with Gasteiger partial charge in [0.1, 0.15) is 5.75 Å². The average Bonchev–Trinajstić information content (AvgIpc) is 2.70. The first-order chi connectivity index (χ1) is 7.95. The molecular formula is C10H11NO2. The third kappa shape index (κ3) is 1.38. The van der Waals surface area contributed by atoms with E-state index in [1.165, 1.54) is 18.3 Å². The summed E-state index contributed by atoms with van der Waals surface area (Å²) in [5.74, 6) is 0.0397. The Bertz CT molecular complexity index is 540. The van der Waals surface area contributed by atoms with E-state index in [1.807, 2.05) is 0 Å². The van der Waals surface area contributed by atoms with Crippen LogP contribution in [0, 0.1) is 0 Å². The zero-order valence-corrected chi connectivity index (χ0v) is 6.74. The van der Waals surface area contributed by atoms with Crippen LogP contribution < -0.4 is 0 Å². The van der Waals surface area contributed by atoms with E-state index < -0.39 is 13.0 Å². The summed E-state index contributed by atoms with van der Waals surface area (Å²) in [6.07, 6.45) is 0.120. The lowest BCUT2D eigenvalue weighted by Crippen LogP contribution is -1.87. The van der Waals surface area contributed by atoms with Gasteiger partial charge in [-0.05, 0) is 30.2 Å². The van der Waals surface area contributed by atoms with Crippen LogP contribution >= 0.6 is 0 Å². The Balaban J connectivity index is 2.52. The molecule has 2 aromatic rings. The van der Waals surface area contributed by atoms with Crippen LogP contribution in [0.15, 0.2) is 24.4 Å². The van der Waals surface area contributed by atoms with Gasteiger partial charge in [-0.3, -0.25) is 0 Å². The molecule has 1 heterocycles. The monoisotopic (exact) mass is 181 g/mol. The molecule has 0 aliphatic rings. The summed E-state index contributed by atoms with van der Waals surface area (Å²) < 4.78 is 29.2. The zero-order chi connectivity index (χ0) is 12.6. The molecule has 0 spiro atoms. The van der Waals surface area contributed by atoms with Crippen LogP contribution in [0.1, 0.15) is 9.68 Å². The molecule has 1 unspecified atom stereocenters. The summed E-state index contributed by atoms with van der Waals surface area (Å²) in [5.41, 5.74) is 1.03. The van der Waals surface area contributed by atoms with Crippen molar-refractivity contribution in [1.82, 2.24) is 4.98 Å². The lowest BCUT2D eigenvalue weighted by atomic mass is 10.1. The number of rotatable bonds is 3. The number of aliphatic hydroxyl groups is 1. The topological polar surface area (TPSA) is 56.2 Å². The van der Waals surface area contributed by atoms with E-state index in [1.54, 1.807) is 6.07 Å². The Morgan fingerprint density at radius 3 is 3.31 bits per heavy atom. The second-order valence-corrected chi connectivity index (χ2v) is 2.74. The zero-order valence-electron chi connectivity index (χ0n) is 10.7. The summed E-state index contributed by atoms with van der Waals surface area (Å²) >= 11 is 0. The minimum Gasteiger partial charge on any atom is -0.508 e. The maximum atomic E-state index is 9.38. The number of H-pyrrole nitrogens is 1. The van der Waals surface area contributed by atoms with E-state index in [0.717, 1.165) is 0 Å². The molecule has 0 fully saturated rings. The minimum atomic E-state index is -2.40. The Labute approximate surface area is 81.3 Å². The van der Waals surface area contributed by atoms with Gasteiger partial charge in [0.15, 0.2) is 0 Å². The van der Waals surface area contributed by atoms with Crippen LogP contribution in [0.2, 0.25) is 0 Å². The number of benzene rings is 1. The molecule has 3 nitrogen and oxygen atoms in total. The van der Waals surface area contributed by atoms with Gasteiger partial charge in [-0.2, -0.15) is 0 Å². The van der Waals surface area contributed by atoms with Crippen molar-refractivity contribution in [2.75, 3.05) is 6.56 Å². The van der Waals surface area contributed by atoms with Gasteiger partial charge in [0.05, 0.1) is 2.74 Å². The van der Waals surface area contributed by atoms with E-state index in [9.17, 15) is 5.11 Å². The fourth-order valence-electron chi connectivity index (χ4n) is 1.31. The normalized spacial score (nSPS) is 18.8. The number of nitrogens with one attached hydrogen (secondary N) is 1. The fraction of sp³-hybridized carbons (Fsp3) is 0.200. The van der Waals surface area contributed by atoms with Crippen LogP contribution in [0.5, 0.6) is 5.75 Å². The molecule has 68 valence electrons. The Kier molecular flexibility index (Phi) is 1.12. The highest BCUT2D eigenvalue weighted by Gasteiger charge is 2.02. The number of hydrogen-bond acceptors (Lipinski definition) is 2. The third-order valence-electron chi connectivity index (χ3n) is 1.91. The van der Waals surface area contributed by atoms with E-state index in [2.05, 4.69) is 10.1 Å². The van der Waals surface area contributed by atoms with E-state index in [-0.39, 0.29) is 5.75 Å². The molecule has 0 aliphatic carbocycles. The number of fused-ring (bicyclic) bond motifs is 1. The molecular weight excluding hydrogens is 166 g/mol. The molecule has 1 aromatic carbocycles. The SMILES string of the molecule is [2H]OC([2H])([2H])C([2H])c1c[nH]c2ccc(O)cc12. The molecule has 3 heteroatoms. The quantitative estimate of drug-likeness (QED) is 0.670.